The van der Waals surface area contributed by atoms with E-state index in [9.17, 15) is 9.59 Å². The van der Waals surface area contributed by atoms with Crippen molar-refractivity contribution in [1.29, 1.82) is 0 Å². The third-order valence-electron chi connectivity index (χ3n) is 5.89. The normalized spacial score (nSPS) is 18.0. The quantitative estimate of drug-likeness (QED) is 0.639. The lowest BCUT2D eigenvalue weighted by molar-refractivity contribution is -0.138. The van der Waals surface area contributed by atoms with Crippen molar-refractivity contribution >= 4 is 45.0 Å². The number of aromatic nitrogens is 1. The summed E-state index contributed by atoms with van der Waals surface area (Å²) < 4.78 is 7.13. The summed E-state index contributed by atoms with van der Waals surface area (Å²) in [7, 11) is 1.61. The predicted molar refractivity (Wildman–Crippen MR) is 122 cm³/mol. The van der Waals surface area contributed by atoms with Crippen LogP contribution in [0.5, 0.6) is 5.75 Å². The Balaban J connectivity index is 1.54. The number of likely N-dealkylation sites (tertiary alicyclic amines) is 1. The van der Waals surface area contributed by atoms with Gasteiger partial charge in [0.2, 0.25) is 0 Å². The Labute approximate surface area is 189 Å². The maximum Gasteiger partial charge on any atom is 0.263 e. The first kappa shape index (κ1) is 20.3. The molecule has 1 aromatic carbocycles. The molecule has 2 aliphatic heterocycles. The molecule has 6 nitrogen and oxygen atoms in total. The number of carbonyl (C=O) groups excluding carboxylic acids is 2. The van der Waals surface area contributed by atoms with Crippen LogP contribution in [-0.4, -0.2) is 47.9 Å². The number of amides is 2. The molecule has 0 radical (unpaired) electrons. The summed E-state index contributed by atoms with van der Waals surface area (Å²) in [6.07, 6.45) is 4.98. The number of piperidine rings is 1. The number of pyridine rings is 1. The van der Waals surface area contributed by atoms with Crippen LogP contribution >= 0.6 is 22.9 Å². The van der Waals surface area contributed by atoms with Gasteiger partial charge in [-0.25, -0.2) is 0 Å². The summed E-state index contributed by atoms with van der Waals surface area (Å²) in [6.45, 7) is 1.59. The van der Waals surface area contributed by atoms with Gasteiger partial charge in [-0.3, -0.25) is 14.6 Å². The van der Waals surface area contributed by atoms with E-state index in [1.807, 2.05) is 23.1 Å². The van der Waals surface area contributed by atoms with E-state index in [0.29, 0.717) is 22.1 Å². The summed E-state index contributed by atoms with van der Waals surface area (Å²) >= 11 is 7.84. The molecule has 8 heteroatoms. The van der Waals surface area contributed by atoms with Crippen LogP contribution in [0.15, 0.2) is 30.5 Å². The lowest BCUT2D eigenvalue weighted by Crippen LogP contribution is -2.43. The van der Waals surface area contributed by atoms with Gasteiger partial charge in [0.1, 0.15) is 5.75 Å². The van der Waals surface area contributed by atoms with Crippen molar-refractivity contribution in [3.05, 3.63) is 45.9 Å². The number of nitrogens with one attached hydrogen (secondary N) is 1. The zero-order chi connectivity index (χ0) is 21.5. The molecular formula is C23H22ClN3O3S. The van der Waals surface area contributed by atoms with Crippen LogP contribution < -0.4 is 10.1 Å². The summed E-state index contributed by atoms with van der Waals surface area (Å²) in [6, 6.07) is 7.44. The first-order chi connectivity index (χ1) is 15.0. The second kappa shape index (κ2) is 8.13. The molecule has 31 heavy (non-hydrogen) atoms. The molecule has 0 saturated carbocycles. The number of hydrogen-bond acceptors (Lipinski definition) is 5. The number of carbonyl (C=O) groups is 2. The van der Waals surface area contributed by atoms with E-state index < -0.39 is 6.10 Å². The number of hydrogen-bond donors (Lipinski definition) is 1. The van der Waals surface area contributed by atoms with Gasteiger partial charge in [0, 0.05) is 54.5 Å². The van der Waals surface area contributed by atoms with E-state index >= 15 is 0 Å². The molecule has 1 saturated heterocycles. The summed E-state index contributed by atoms with van der Waals surface area (Å²) in [5.41, 5.74) is 3.41. The third kappa shape index (κ3) is 3.66. The Morgan fingerprint density at radius 2 is 2.00 bits per heavy atom. The molecule has 0 bridgehead atoms. The number of benzene rings is 1. The van der Waals surface area contributed by atoms with Crippen molar-refractivity contribution in [2.75, 3.05) is 20.1 Å². The Morgan fingerprint density at radius 3 is 2.77 bits per heavy atom. The van der Waals surface area contributed by atoms with Crippen molar-refractivity contribution < 1.29 is 14.3 Å². The molecule has 2 aliphatic rings. The molecule has 5 rings (SSSR count). The van der Waals surface area contributed by atoms with E-state index in [-0.39, 0.29) is 11.8 Å². The first-order valence-electron chi connectivity index (χ1n) is 10.4. The fourth-order valence-electron chi connectivity index (χ4n) is 4.37. The number of rotatable bonds is 3. The lowest BCUT2D eigenvalue weighted by atomic mass is 10.0. The monoisotopic (exact) mass is 455 g/mol. The fraction of sp³-hybridized carbons (Fsp3) is 0.348. The Morgan fingerprint density at radius 1 is 1.19 bits per heavy atom. The van der Waals surface area contributed by atoms with E-state index in [4.69, 9.17) is 16.3 Å². The van der Waals surface area contributed by atoms with Crippen LogP contribution in [0.1, 0.15) is 34.5 Å². The molecule has 0 spiro atoms. The van der Waals surface area contributed by atoms with E-state index in [0.717, 1.165) is 52.8 Å². The average Bonchev–Trinajstić information content (AvgIpc) is 3.42. The van der Waals surface area contributed by atoms with Gasteiger partial charge < -0.3 is 15.0 Å². The maximum absolute atomic E-state index is 13.0. The largest absolute Gasteiger partial charge is 0.479 e. The molecule has 2 amide bonds. The topological polar surface area (TPSA) is 71.5 Å². The van der Waals surface area contributed by atoms with Gasteiger partial charge in [0.15, 0.2) is 6.10 Å². The highest BCUT2D eigenvalue weighted by Crippen LogP contribution is 2.44. The zero-order valence-electron chi connectivity index (χ0n) is 17.1. The smallest absolute Gasteiger partial charge is 0.263 e. The molecule has 160 valence electrons. The standard InChI is InChI=1S/C23H22ClN3O3S/c1-25-22(28)19-12-17-21(31-19)15(5-6-26-17)16-11-14(24)9-13-10-18(30-20(13)16)23(29)27-7-3-2-4-8-27/h5-6,9,11-12,18H,2-4,7-8,10H2,1H3,(H,25,28). The van der Waals surface area contributed by atoms with Gasteiger partial charge in [-0.05, 0) is 43.5 Å². The maximum atomic E-state index is 13.0. The van der Waals surface area contributed by atoms with Gasteiger partial charge in [-0.2, -0.15) is 0 Å². The SMILES string of the molecule is CNC(=O)c1cc2nccc(-c3cc(Cl)cc4c3OC(C(=O)N3CCCCC3)C4)c2s1. The third-order valence-corrected chi connectivity index (χ3v) is 7.27. The highest BCUT2D eigenvalue weighted by molar-refractivity contribution is 7.21. The van der Waals surface area contributed by atoms with E-state index in [2.05, 4.69) is 10.3 Å². The minimum atomic E-state index is -0.521. The minimum absolute atomic E-state index is 0.0517. The molecule has 1 N–H and O–H groups in total. The van der Waals surface area contributed by atoms with Gasteiger partial charge in [0.25, 0.3) is 11.8 Å². The Hall–Kier alpha value is -2.64. The molecule has 4 heterocycles. The lowest BCUT2D eigenvalue weighted by Gasteiger charge is -2.28. The number of ether oxygens (including phenoxy) is 1. The molecule has 2 aromatic heterocycles. The van der Waals surface area contributed by atoms with Crippen LogP contribution in [-0.2, 0) is 11.2 Å². The van der Waals surface area contributed by atoms with E-state index in [1.54, 1.807) is 19.3 Å². The summed E-state index contributed by atoms with van der Waals surface area (Å²) in [5, 5.41) is 3.25. The Kier molecular flexibility index (Phi) is 5.32. The van der Waals surface area contributed by atoms with Crippen molar-refractivity contribution in [3.63, 3.8) is 0 Å². The predicted octanol–water partition coefficient (Wildman–Crippen LogP) is 4.29. The van der Waals surface area contributed by atoms with Gasteiger partial charge >= 0.3 is 0 Å². The summed E-state index contributed by atoms with van der Waals surface area (Å²) in [5.74, 6) is 0.603. The first-order valence-corrected chi connectivity index (χ1v) is 11.6. The number of nitrogens with zero attached hydrogens (tertiary/aromatic N) is 2. The second-order valence-electron chi connectivity index (χ2n) is 7.90. The van der Waals surface area contributed by atoms with Crippen LogP contribution in [0.4, 0.5) is 0 Å². The van der Waals surface area contributed by atoms with Crippen LogP contribution in [0, 0.1) is 0 Å². The molecule has 1 unspecified atom stereocenters. The fourth-order valence-corrected chi connectivity index (χ4v) is 5.70. The zero-order valence-corrected chi connectivity index (χ0v) is 18.7. The molecule has 1 fully saturated rings. The molecule has 0 aliphatic carbocycles. The number of halogens is 1. The molecule has 3 aromatic rings. The van der Waals surface area contributed by atoms with Crippen molar-refractivity contribution in [1.82, 2.24) is 15.2 Å². The van der Waals surface area contributed by atoms with Crippen molar-refractivity contribution in [2.24, 2.45) is 0 Å². The highest BCUT2D eigenvalue weighted by atomic mass is 35.5. The number of thiophene rings is 1. The van der Waals surface area contributed by atoms with Crippen LogP contribution in [0.2, 0.25) is 5.02 Å². The van der Waals surface area contributed by atoms with Crippen molar-refractivity contribution in [2.45, 2.75) is 31.8 Å². The average molecular weight is 456 g/mol. The second-order valence-corrected chi connectivity index (χ2v) is 9.39. The van der Waals surface area contributed by atoms with Gasteiger partial charge in [-0.1, -0.05) is 11.6 Å². The van der Waals surface area contributed by atoms with Gasteiger partial charge in [0.05, 0.1) is 15.1 Å². The Bertz CT molecular complexity index is 1190. The van der Waals surface area contributed by atoms with E-state index in [1.165, 1.54) is 17.8 Å². The molecular weight excluding hydrogens is 434 g/mol. The van der Waals surface area contributed by atoms with Crippen molar-refractivity contribution in [3.8, 4) is 16.9 Å². The van der Waals surface area contributed by atoms with Crippen LogP contribution in [0.25, 0.3) is 21.3 Å². The minimum Gasteiger partial charge on any atom is -0.479 e. The highest BCUT2D eigenvalue weighted by Gasteiger charge is 2.35. The molecule has 1 atom stereocenters. The van der Waals surface area contributed by atoms with Gasteiger partial charge in [-0.15, -0.1) is 11.3 Å². The summed E-state index contributed by atoms with van der Waals surface area (Å²) in [4.78, 5) is 32.1. The number of fused-ring (bicyclic) bond motifs is 2. The van der Waals surface area contributed by atoms with Crippen LogP contribution in [0.3, 0.4) is 0 Å².